The number of rotatable bonds is 5. The van der Waals surface area contributed by atoms with Gasteiger partial charge in [-0.2, -0.15) is 5.10 Å². The van der Waals surface area contributed by atoms with E-state index in [9.17, 15) is 0 Å². The Kier molecular flexibility index (Phi) is 4.53. The number of aryl methyl sites for hydroxylation is 1. The second-order valence-electron chi connectivity index (χ2n) is 6.92. The fraction of sp³-hybridized carbons (Fsp3) is 0.333. The van der Waals surface area contributed by atoms with Gasteiger partial charge in [0.2, 0.25) is 4.80 Å². The molecule has 1 aromatic carbocycles. The standard InChI is InChI=1S/C21H23N3S/c1-3-10-22-21-24(23-13-19-12-16-6-9-18(19)11-16)20(14-25-21)17-7-4-15(2)5-8-17/h3-9,13-14,16,18-19H,1,10-12H2,2H3. The summed E-state index contributed by atoms with van der Waals surface area (Å²) in [4.78, 5) is 5.54. The second kappa shape index (κ2) is 6.96. The molecule has 1 aromatic heterocycles. The zero-order valence-electron chi connectivity index (χ0n) is 14.5. The van der Waals surface area contributed by atoms with E-state index in [2.05, 4.69) is 66.5 Å². The van der Waals surface area contributed by atoms with Gasteiger partial charge >= 0.3 is 0 Å². The highest BCUT2D eigenvalue weighted by Gasteiger charge is 2.34. The van der Waals surface area contributed by atoms with Crippen LogP contribution in [0, 0.1) is 24.7 Å². The van der Waals surface area contributed by atoms with E-state index >= 15 is 0 Å². The van der Waals surface area contributed by atoms with Crippen molar-refractivity contribution in [2.24, 2.45) is 27.8 Å². The molecule has 0 radical (unpaired) electrons. The third-order valence-electron chi connectivity index (χ3n) is 5.09. The number of benzene rings is 1. The molecule has 0 amide bonds. The molecule has 2 aromatic rings. The van der Waals surface area contributed by atoms with E-state index in [0.717, 1.165) is 16.4 Å². The molecule has 0 N–H and O–H groups in total. The number of fused-ring (bicyclic) bond motifs is 2. The van der Waals surface area contributed by atoms with Crippen LogP contribution < -0.4 is 4.80 Å². The van der Waals surface area contributed by atoms with Gasteiger partial charge in [0.1, 0.15) is 0 Å². The number of aromatic nitrogens is 1. The third-order valence-corrected chi connectivity index (χ3v) is 5.95. The molecule has 2 aliphatic carbocycles. The summed E-state index contributed by atoms with van der Waals surface area (Å²) >= 11 is 1.63. The molecule has 128 valence electrons. The first-order valence-corrected chi connectivity index (χ1v) is 9.74. The van der Waals surface area contributed by atoms with Crippen molar-refractivity contribution in [3.63, 3.8) is 0 Å². The van der Waals surface area contributed by atoms with Gasteiger partial charge < -0.3 is 0 Å². The van der Waals surface area contributed by atoms with E-state index in [-0.39, 0.29) is 0 Å². The molecule has 25 heavy (non-hydrogen) atoms. The lowest BCUT2D eigenvalue weighted by Crippen LogP contribution is -2.15. The molecule has 1 saturated carbocycles. The molecule has 2 aliphatic rings. The highest BCUT2D eigenvalue weighted by Crippen LogP contribution is 2.42. The van der Waals surface area contributed by atoms with Gasteiger partial charge in [0.25, 0.3) is 0 Å². The first-order chi connectivity index (χ1) is 12.2. The van der Waals surface area contributed by atoms with Crippen molar-refractivity contribution in [3.8, 4) is 11.3 Å². The maximum atomic E-state index is 4.86. The lowest BCUT2D eigenvalue weighted by molar-refractivity contribution is 0.590. The van der Waals surface area contributed by atoms with Gasteiger partial charge in [0.05, 0.1) is 12.2 Å². The van der Waals surface area contributed by atoms with Gasteiger partial charge in [-0.05, 0) is 31.6 Å². The number of nitrogens with zero attached hydrogens (tertiary/aromatic N) is 3. The van der Waals surface area contributed by atoms with E-state index in [4.69, 9.17) is 5.10 Å². The molecule has 0 spiro atoms. The van der Waals surface area contributed by atoms with Crippen LogP contribution in [0.25, 0.3) is 11.3 Å². The number of hydrogen-bond donors (Lipinski definition) is 0. The Morgan fingerprint density at radius 1 is 1.24 bits per heavy atom. The Balaban J connectivity index is 1.70. The minimum Gasteiger partial charge on any atom is -0.253 e. The lowest BCUT2D eigenvalue weighted by Gasteiger charge is -2.12. The van der Waals surface area contributed by atoms with Gasteiger partial charge in [-0.25, -0.2) is 4.68 Å². The van der Waals surface area contributed by atoms with E-state index in [1.54, 1.807) is 11.3 Å². The van der Waals surface area contributed by atoms with Crippen molar-refractivity contribution in [2.75, 3.05) is 6.54 Å². The Bertz CT molecular complexity index is 883. The summed E-state index contributed by atoms with van der Waals surface area (Å²) in [6.07, 6.45) is 11.2. The minimum absolute atomic E-state index is 0.556. The van der Waals surface area contributed by atoms with E-state index in [1.807, 2.05) is 10.8 Å². The second-order valence-corrected chi connectivity index (χ2v) is 7.76. The molecular weight excluding hydrogens is 326 g/mol. The smallest absolute Gasteiger partial charge is 0.206 e. The van der Waals surface area contributed by atoms with Gasteiger partial charge in [0, 0.05) is 23.1 Å². The van der Waals surface area contributed by atoms with Crippen molar-refractivity contribution < 1.29 is 0 Å². The molecule has 1 heterocycles. The predicted molar refractivity (Wildman–Crippen MR) is 106 cm³/mol. The van der Waals surface area contributed by atoms with Gasteiger partial charge in [-0.1, -0.05) is 48.1 Å². The normalized spacial score (nSPS) is 25.3. The fourth-order valence-electron chi connectivity index (χ4n) is 3.73. The Morgan fingerprint density at radius 2 is 2.08 bits per heavy atom. The van der Waals surface area contributed by atoms with Crippen LogP contribution in [0.2, 0.25) is 0 Å². The Morgan fingerprint density at radius 3 is 2.76 bits per heavy atom. The number of thiazole rings is 1. The lowest BCUT2D eigenvalue weighted by atomic mass is 9.95. The van der Waals surface area contributed by atoms with Gasteiger partial charge in [-0.3, -0.25) is 4.99 Å². The van der Waals surface area contributed by atoms with Crippen LogP contribution in [0.5, 0.6) is 0 Å². The first kappa shape index (κ1) is 16.3. The summed E-state index contributed by atoms with van der Waals surface area (Å²) in [6.45, 7) is 6.49. The summed E-state index contributed by atoms with van der Waals surface area (Å²) in [7, 11) is 0. The molecule has 2 bridgehead atoms. The summed E-state index contributed by atoms with van der Waals surface area (Å²) in [6, 6.07) is 8.59. The topological polar surface area (TPSA) is 29.6 Å². The predicted octanol–water partition coefficient (Wildman–Crippen LogP) is 4.66. The molecule has 4 rings (SSSR count). The molecule has 3 unspecified atom stereocenters. The average molecular weight is 350 g/mol. The highest BCUT2D eigenvalue weighted by atomic mass is 32.1. The number of hydrogen-bond acceptors (Lipinski definition) is 3. The van der Waals surface area contributed by atoms with Crippen LogP contribution >= 0.6 is 11.3 Å². The minimum atomic E-state index is 0.556. The summed E-state index contributed by atoms with van der Waals surface area (Å²) in [5.41, 5.74) is 3.54. The molecule has 0 saturated heterocycles. The van der Waals surface area contributed by atoms with Crippen LogP contribution in [0.4, 0.5) is 0 Å². The maximum Gasteiger partial charge on any atom is 0.206 e. The van der Waals surface area contributed by atoms with E-state index in [1.165, 1.54) is 24.0 Å². The van der Waals surface area contributed by atoms with Gasteiger partial charge in [0.15, 0.2) is 0 Å². The zero-order chi connectivity index (χ0) is 17.2. The SMILES string of the molecule is C=CCN=c1scc(-c2ccc(C)cc2)n1N=CC1CC2C=CC1C2. The molecular formula is C21H23N3S. The number of allylic oxidation sites excluding steroid dienone is 2. The van der Waals surface area contributed by atoms with Crippen LogP contribution in [0.15, 0.2) is 64.5 Å². The molecule has 1 fully saturated rings. The fourth-order valence-corrected chi connectivity index (χ4v) is 4.58. The van der Waals surface area contributed by atoms with Crippen molar-refractivity contribution >= 4 is 17.6 Å². The quantitative estimate of drug-likeness (QED) is 0.555. The first-order valence-electron chi connectivity index (χ1n) is 8.86. The Labute approximate surface area is 152 Å². The molecule has 0 aliphatic heterocycles. The molecule has 4 heteroatoms. The maximum absolute atomic E-state index is 4.86. The third kappa shape index (κ3) is 3.31. The van der Waals surface area contributed by atoms with E-state index in [0.29, 0.717) is 18.4 Å². The van der Waals surface area contributed by atoms with Crippen LogP contribution in [-0.2, 0) is 0 Å². The van der Waals surface area contributed by atoms with Crippen molar-refractivity contribution in [3.05, 3.63) is 64.8 Å². The van der Waals surface area contributed by atoms with Crippen molar-refractivity contribution in [1.82, 2.24) is 4.68 Å². The van der Waals surface area contributed by atoms with Crippen molar-refractivity contribution in [1.29, 1.82) is 0 Å². The van der Waals surface area contributed by atoms with Crippen LogP contribution in [-0.4, -0.2) is 17.4 Å². The zero-order valence-corrected chi connectivity index (χ0v) is 15.3. The Hall–Kier alpha value is -2.20. The summed E-state index contributed by atoms with van der Waals surface area (Å²) in [5, 5.41) is 7.00. The monoisotopic (exact) mass is 349 g/mol. The largest absolute Gasteiger partial charge is 0.253 e. The highest BCUT2D eigenvalue weighted by molar-refractivity contribution is 7.07. The van der Waals surface area contributed by atoms with Gasteiger partial charge in [-0.15, -0.1) is 17.9 Å². The van der Waals surface area contributed by atoms with E-state index < -0.39 is 0 Å². The average Bonchev–Trinajstić information content (AvgIpc) is 3.34. The van der Waals surface area contributed by atoms with Crippen molar-refractivity contribution in [2.45, 2.75) is 19.8 Å². The van der Waals surface area contributed by atoms with Crippen LogP contribution in [0.3, 0.4) is 0 Å². The summed E-state index contributed by atoms with van der Waals surface area (Å²) in [5.74, 6) is 1.99. The molecule has 3 nitrogen and oxygen atoms in total. The summed E-state index contributed by atoms with van der Waals surface area (Å²) < 4.78 is 1.99. The van der Waals surface area contributed by atoms with Crippen LogP contribution in [0.1, 0.15) is 18.4 Å². The molecule has 3 atom stereocenters.